The summed E-state index contributed by atoms with van der Waals surface area (Å²) in [5.41, 5.74) is 0.287. The van der Waals surface area contributed by atoms with Crippen molar-refractivity contribution in [3.05, 3.63) is 0 Å². The molecule has 0 bridgehead atoms. The molecule has 0 spiro atoms. The van der Waals surface area contributed by atoms with E-state index in [2.05, 4.69) is 20.8 Å². The second-order valence-corrected chi connectivity index (χ2v) is 6.42. The first-order valence-electron chi connectivity index (χ1n) is 6.94. The minimum atomic E-state index is -0.197. The molecule has 0 aliphatic heterocycles. The zero-order valence-electron chi connectivity index (χ0n) is 12.1. The number of esters is 1. The summed E-state index contributed by atoms with van der Waals surface area (Å²) in [6.45, 7) is 8.74. The Morgan fingerprint density at radius 1 is 1.50 bits per heavy atom. The molecule has 104 valence electrons. The van der Waals surface area contributed by atoms with Gasteiger partial charge in [-0.2, -0.15) is 0 Å². The van der Waals surface area contributed by atoms with Gasteiger partial charge in [0.1, 0.15) is 6.29 Å². The quantitative estimate of drug-likeness (QED) is 0.559. The van der Waals surface area contributed by atoms with Gasteiger partial charge in [0.2, 0.25) is 0 Å². The van der Waals surface area contributed by atoms with Crippen molar-refractivity contribution < 1.29 is 14.3 Å². The monoisotopic (exact) mass is 254 g/mol. The largest absolute Gasteiger partial charge is 0.466 e. The minimum Gasteiger partial charge on any atom is -0.466 e. The fourth-order valence-electron chi connectivity index (χ4n) is 3.26. The lowest BCUT2D eigenvalue weighted by molar-refractivity contribution is -0.143. The van der Waals surface area contributed by atoms with E-state index in [1.54, 1.807) is 0 Å². The van der Waals surface area contributed by atoms with Gasteiger partial charge >= 0.3 is 5.97 Å². The van der Waals surface area contributed by atoms with Gasteiger partial charge in [0.25, 0.3) is 0 Å². The molecular weight excluding hydrogens is 228 g/mol. The number of ether oxygens (including phenoxy) is 1. The van der Waals surface area contributed by atoms with Crippen molar-refractivity contribution in [2.75, 3.05) is 6.61 Å². The average molecular weight is 254 g/mol. The molecule has 3 heteroatoms. The van der Waals surface area contributed by atoms with Crippen LogP contribution in [0.15, 0.2) is 0 Å². The summed E-state index contributed by atoms with van der Waals surface area (Å²) in [6, 6.07) is 0. The van der Waals surface area contributed by atoms with Crippen LogP contribution in [-0.2, 0) is 14.3 Å². The molecule has 0 saturated heterocycles. The van der Waals surface area contributed by atoms with E-state index in [1.165, 1.54) is 6.92 Å². The lowest BCUT2D eigenvalue weighted by atomic mass is 9.61. The van der Waals surface area contributed by atoms with Crippen LogP contribution < -0.4 is 0 Å². The lowest BCUT2D eigenvalue weighted by Gasteiger charge is -2.44. The van der Waals surface area contributed by atoms with Gasteiger partial charge in [0, 0.05) is 13.3 Å². The SMILES string of the molecule is CC(=O)OC[C@H]1CCC(C)(C)[C@@H]([C@H](C)CC=O)C1. The molecule has 0 heterocycles. The summed E-state index contributed by atoms with van der Waals surface area (Å²) in [7, 11) is 0. The van der Waals surface area contributed by atoms with Gasteiger partial charge in [-0.15, -0.1) is 0 Å². The summed E-state index contributed by atoms with van der Waals surface area (Å²) in [5.74, 6) is 1.22. The Hall–Kier alpha value is -0.860. The van der Waals surface area contributed by atoms with Crippen LogP contribution in [0.5, 0.6) is 0 Å². The van der Waals surface area contributed by atoms with Crippen molar-refractivity contribution in [2.24, 2.45) is 23.2 Å². The fraction of sp³-hybridized carbons (Fsp3) is 0.867. The molecule has 0 radical (unpaired) electrons. The van der Waals surface area contributed by atoms with Crippen LogP contribution >= 0.6 is 0 Å². The second kappa shape index (κ2) is 6.35. The highest BCUT2D eigenvalue weighted by Crippen LogP contribution is 2.47. The first-order chi connectivity index (χ1) is 8.36. The fourth-order valence-corrected chi connectivity index (χ4v) is 3.26. The van der Waals surface area contributed by atoms with Crippen LogP contribution in [0.1, 0.15) is 53.4 Å². The average Bonchev–Trinajstić information content (AvgIpc) is 2.27. The topological polar surface area (TPSA) is 43.4 Å². The van der Waals surface area contributed by atoms with Gasteiger partial charge in [0.05, 0.1) is 6.61 Å². The molecule has 0 unspecified atom stereocenters. The third-order valence-corrected chi connectivity index (χ3v) is 4.47. The summed E-state index contributed by atoms with van der Waals surface area (Å²) >= 11 is 0. The standard InChI is InChI=1S/C15H26O3/c1-11(6-8-16)14-9-13(10-18-12(2)17)5-7-15(14,3)4/h8,11,13-14H,5-7,9-10H2,1-4H3/t11-,13+,14-/m1/s1. The number of carbonyl (C=O) groups excluding carboxylic acids is 2. The maximum atomic E-state index is 10.9. The maximum absolute atomic E-state index is 10.9. The van der Waals surface area contributed by atoms with Crippen molar-refractivity contribution >= 4 is 12.3 Å². The molecule has 3 atom stereocenters. The predicted molar refractivity (Wildman–Crippen MR) is 71.1 cm³/mol. The summed E-state index contributed by atoms with van der Waals surface area (Å²) in [4.78, 5) is 21.6. The zero-order chi connectivity index (χ0) is 13.8. The third kappa shape index (κ3) is 4.11. The van der Waals surface area contributed by atoms with Gasteiger partial charge in [0.15, 0.2) is 0 Å². The molecule has 0 amide bonds. The molecule has 1 saturated carbocycles. The highest BCUT2D eigenvalue weighted by atomic mass is 16.5. The second-order valence-electron chi connectivity index (χ2n) is 6.42. The Kier molecular flexibility index (Phi) is 5.36. The number of hydrogen-bond acceptors (Lipinski definition) is 3. The van der Waals surface area contributed by atoms with E-state index in [1.807, 2.05) is 0 Å². The van der Waals surface area contributed by atoms with E-state index in [4.69, 9.17) is 4.74 Å². The van der Waals surface area contributed by atoms with Crippen molar-refractivity contribution in [1.82, 2.24) is 0 Å². The Balaban J connectivity index is 2.60. The van der Waals surface area contributed by atoms with Gasteiger partial charge in [-0.1, -0.05) is 20.8 Å². The lowest BCUT2D eigenvalue weighted by Crippen LogP contribution is -2.37. The van der Waals surface area contributed by atoms with Gasteiger partial charge < -0.3 is 9.53 Å². The van der Waals surface area contributed by atoms with E-state index in [0.717, 1.165) is 25.5 Å². The van der Waals surface area contributed by atoms with Crippen LogP contribution in [-0.4, -0.2) is 18.9 Å². The van der Waals surface area contributed by atoms with Crippen LogP contribution in [0.2, 0.25) is 0 Å². The van der Waals surface area contributed by atoms with Crippen molar-refractivity contribution in [3.8, 4) is 0 Å². The van der Waals surface area contributed by atoms with Gasteiger partial charge in [-0.05, 0) is 42.4 Å². The molecule has 1 rings (SSSR count). The molecule has 3 nitrogen and oxygen atoms in total. The predicted octanol–water partition coefficient (Wildman–Crippen LogP) is 3.22. The van der Waals surface area contributed by atoms with Crippen molar-refractivity contribution in [2.45, 2.75) is 53.4 Å². The van der Waals surface area contributed by atoms with Gasteiger partial charge in [-0.25, -0.2) is 0 Å². The van der Waals surface area contributed by atoms with E-state index < -0.39 is 0 Å². The Morgan fingerprint density at radius 3 is 2.72 bits per heavy atom. The zero-order valence-corrected chi connectivity index (χ0v) is 12.1. The smallest absolute Gasteiger partial charge is 0.302 e. The molecule has 1 aliphatic rings. The number of hydrogen-bond donors (Lipinski definition) is 0. The summed E-state index contributed by atoms with van der Waals surface area (Å²) in [5, 5.41) is 0. The van der Waals surface area contributed by atoms with Crippen LogP contribution in [0.4, 0.5) is 0 Å². The van der Waals surface area contributed by atoms with Crippen molar-refractivity contribution in [1.29, 1.82) is 0 Å². The Labute approximate surface area is 110 Å². The Bertz CT molecular complexity index is 296. The molecule has 1 aliphatic carbocycles. The molecule has 18 heavy (non-hydrogen) atoms. The van der Waals surface area contributed by atoms with Crippen molar-refractivity contribution in [3.63, 3.8) is 0 Å². The number of carbonyl (C=O) groups is 2. The third-order valence-electron chi connectivity index (χ3n) is 4.47. The van der Waals surface area contributed by atoms with Gasteiger partial charge in [-0.3, -0.25) is 4.79 Å². The Morgan fingerprint density at radius 2 is 2.17 bits per heavy atom. The normalized spacial score (nSPS) is 28.4. The molecule has 0 aromatic carbocycles. The minimum absolute atomic E-state index is 0.197. The van der Waals surface area contributed by atoms with E-state index in [9.17, 15) is 9.59 Å². The van der Waals surface area contributed by atoms with Crippen LogP contribution in [0.3, 0.4) is 0 Å². The highest BCUT2D eigenvalue weighted by Gasteiger charge is 2.39. The van der Waals surface area contributed by atoms with E-state index in [0.29, 0.717) is 30.8 Å². The maximum Gasteiger partial charge on any atom is 0.302 e. The molecular formula is C15H26O3. The highest BCUT2D eigenvalue weighted by molar-refractivity contribution is 5.65. The number of rotatable bonds is 5. The molecule has 0 N–H and O–H groups in total. The molecule has 1 fully saturated rings. The van der Waals surface area contributed by atoms with E-state index in [-0.39, 0.29) is 11.4 Å². The number of aldehydes is 1. The summed E-state index contributed by atoms with van der Waals surface area (Å²) < 4.78 is 5.13. The van der Waals surface area contributed by atoms with Crippen LogP contribution in [0, 0.1) is 23.2 Å². The first kappa shape index (κ1) is 15.2. The molecule has 0 aromatic heterocycles. The summed E-state index contributed by atoms with van der Waals surface area (Å²) in [6.07, 6.45) is 4.98. The molecule has 0 aromatic rings. The van der Waals surface area contributed by atoms with E-state index >= 15 is 0 Å². The van der Waals surface area contributed by atoms with Crippen LogP contribution in [0.25, 0.3) is 0 Å². The first-order valence-corrected chi connectivity index (χ1v) is 6.94.